The molecule has 0 amide bonds. The third kappa shape index (κ3) is 60.0. The van der Waals surface area contributed by atoms with Gasteiger partial charge in [0.25, 0.3) is 0 Å². The summed E-state index contributed by atoms with van der Waals surface area (Å²) in [6, 6.07) is 0. The number of hydrogen-bond donors (Lipinski definition) is 0. The van der Waals surface area contributed by atoms with E-state index >= 15 is 0 Å². The molecule has 0 aromatic rings. The maximum atomic E-state index is 12.9. The van der Waals surface area contributed by atoms with Gasteiger partial charge in [-0.1, -0.05) is 293 Å². The molecular weight excluding hydrogens is 913 g/mol. The Kier molecular flexibility index (Phi) is 60.2. The second-order valence-corrected chi connectivity index (χ2v) is 21.6. The van der Waals surface area contributed by atoms with Crippen LogP contribution in [0.4, 0.5) is 0 Å². The van der Waals surface area contributed by atoms with E-state index < -0.39 is 6.10 Å². The van der Waals surface area contributed by atoms with Crippen LogP contribution in [0, 0.1) is 0 Å². The van der Waals surface area contributed by atoms with Gasteiger partial charge in [0.05, 0.1) is 0 Å². The molecule has 0 fully saturated rings. The highest BCUT2D eigenvalue weighted by Gasteiger charge is 2.19. The highest BCUT2D eigenvalue weighted by Crippen LogP contribution is 2.17. The standard InChI is InChI=1S/C68H122O6/c1-4-7-10-13-16-19-22-25-28-30-32-33-34-35-36-38-40-43-46-49-52-55-58-61-67(70)73-64-65(63-72-66(69)60-57-54-51-48-45-42-39-27-24-21-18-15-12-9-6-3)74-68(71)62-59-56-53-50-47-44-41-37-31-29-26-23-20-17-14-11-8-5-2/h9,12,18,21,27,29,31,39,45,48,65H,4-8,10-11,13-17,19-20,22-26,28,30,32-38,40-44,46-47,49-64H2,1-3H3/b12-9-,21-18-,31-29-,39-27-,48-45-. The number of allylic oxidation sites excluding steroid dienone is 10. The molecule has 0 heterocycles. The molecule has 0 spiro atoms. The minimum atomic E-state index is -0.793. The van der Waals surface area contributed by atoms with Crippen LogP contribution < -0.4 is 0 Å². The van der Waals surface area contributed by atoms with Crippen molar-refractivity contribution in [2.24, 2.45) is 0 Å². The van der Waals surface area contributed by atoms with E-state index in [1.165, 1.54) is 212 Å². The molecule has 0 bridgehead atoms. The minimum Gasteiger partial charge on any atom is -0.462 e. The summed E-state index contributed by atoms with van der Waals surface area (Å²) >= 11 is 0. The summed E-state index contributed by atoms with van der Waals surface area (Å²) in [4.78, 5) is 38.3. The molecule has 0 rings (SSSR count). The molecule has 1 unspecified atom stereocenters. The summed E-state index contributed by atoms with van der Waals surface area (Å²) in [5.74, 6) is -0.915. The second kappa shape index (κ2) is 62.6. The summed E-state index contributed by atoms with van der Waals surface area (Å²) in [6.07, 6.45) is 79.5. The predicted octanol–water partition coefficient (Wildman–Crippen LogP) is 21.9. The number of carbonyl (C=O) groups is 3. The maximum absolute atomic E-state index is 12.9. The van der Waals surface area contributed by atoms with Gasteiger partial charge >= 0.3 is 17.9 Å². The SMILES string of the molecule is CC/C=C\C/C=C\C/C=C\C/C=C\CCCCC(=O)OCC(COC(=O)CCCCCCCCCCCCCCCCCCCCCCCCC)OC(=O)CCCCCCCCC/C=C\CCCCCCCCC. The Labute approximate surface area is 460 Å². The third-order valence-corrected chi connectivity index (χ3v) is 14.3. The lowest BCUT2D eigenvalue weighted by Gasteiger charge is -2.18. The topological polar surface area (TPSA) is 78.9 Å². The van der Waals surface area contributed by atoms with E-state index in [1.807, 2.05) is 0 Å². The van der Waals surface area contributed by atoms with Crippen molar-refractivity contribution >= 4 is 17.9 Å². The predicted molar refractivity (Wildman–Crippen MR) is 321 cm³/mol. The highest BCUT2D eigenvalue weighted by atomic mass is 16.6. The average Bonchev–Trinajstić information content (AvgIpc) is 3.40. The zero-order valence-electron chi connectivity index (χ0n) is 49.4. The van der Waals surface area contributed by atoms with E-state index in [2.05, 4.69) is 81.5 Å². The van der Waals surface area contributed by atoms with E-state index in [0.717, 1.165) is 83.5 Å². The number of hydrogen-bond acceptors (Lipinski definition) is 6. The van der Waals surface area contributed by atoms with Crippen molar-refractivity contribution in [1.82, 2.24) is 0 Å². The van der Waals surface area contributed by atoms with Crippen LogP contribution in [0.2, 0.25) is 0 Å². The smallest absolute Gasteiger partial charge is 0.306 e. The van der Waals surface area contributed by atoms with E-state index in [0.29, 0.717) is 19.3 Å². The van der Waals surface area contributed by atoms with E-state index in [-0.39, 0.29) is 31.1 Å². The van der Waals surface area contributed by atoms with Gasteiger partial charge in [-0.3, -0.25) is 14.4 Å². The van der Waals surface area contributed by atoms with Gasteiger partial charge in [-0.15, -0.1) is 0 Å². The zero-order valence-corrected chi connectivity index (χ0v) is 49.4. The number of unbranched alkanes of at least 4 members (excludes halogenated alkanes) is 38. The van der Waals surface area contributed by atoms with Crippen LogP contribution in [0.3, 0.4) is 0 Å². The Morgan fingerprint density at radius 1 is 0.284 bits per heavy atom. The van der Waals surface area contributed by atoms with Crippen molar-refractivity contribution in [2.45, 2.75) is 341 Å². The molecule has 0 aliphatic rings. The lowest BCUT2D eigenvalue weighted by Crippen LogP contribution is -2.30. The summed E-state index contributed by atoms with van der Waals surface area (Å²) in [5, 5.41) is 0. The van der Waals surface area contributed by atoms with Crippen LogP contribution in [-0.4, -0.2) is 37.2 Å². The zero-order chi connectivity index (χ0) is 53.6. The molecule has 0 aromatic carbocycles. The van der Waals surface area contributed by atoms with Crippen molar-refractivity contribution in [2.75, 3.05) is 13.2 Å². The Balaban J connectivity index is 4.34. The van der Waals surface area contributed by atoms with Gasteiger partial charge in [-0.25, -0.2) is 0 Å². The summed E-state index contributed by atoms with van der Waals surface area (Å²) in [6.45, 7) is 6.54. The Morgan fingerprint density at radius 3 is 0.865 bits per heavy atom. The molecule has 0 aliphatic heterocycles. The number of carbonyl (C=O) groups excluding carboxylic acids is 3. The van der Waals surface area contributed by atoms with E-state index in [4.69, 9.17) is 14.2 Å². The second-order valence-electron chi connectivity index (χ2n) is 21.6. The molecule has 0 aromatic heterocycles. The summed E-state index contributed by atoms with van der Waals surface area (Å²) < 4.78 is 16.9. The molecule has 0 N–H and O–H groups in total. The molecule has 1 atom stereocenters. The lowest BCUT2D eigenvalue weighted by molar-refractivity contribution is -0.167. The van der Waals surface area contributed by atoms with Crippen LogP contribution in [0.5, 0.6) is 0 Å². The number of ether oxygens (including phenoxy) is 3. The quantitative estimate of drug-likeness (QED) is 0.0261. The Morgan fingerprint density at radius 2 is 0.527 bits per heavy atom. The molecule has 430 valence electrons. The fraction of sp³-hybridized carbons (Fsp3) is 0.809. The third-order valence-electron chi connectivity index (χ3n) is 14.3. The van der Waals surface area contributed by atoms with Gasteiger partial charge < -0.3 is 14.2 Å². The first-order chi connectivity index (χ1) is 36.5. The lowest BCUT2D eigenvalue weighted by atomic mass is 10.0. The Hall–Kier alpha value is -2.89. The van der Waals surface area contributed by atoms with Gasteiger partial charge in [0.2, 0.25) is 0 Å². The Bertz CT molecular complexity index is 1330. The molecule has 6 heteroatoms. The van der Waals surface area contributed by atoms with Crippen LogP contribution in [0.15, 0.2) is 60.8 Å². The first-order valence-electron chi connectivity index (χ1n) is 32.3. The fourth-order valence-corrected chi connectivity index (χ4v) is 9.43. The van der Waals surface area contributed by atoms with Crippen molar-refractivity contribution in [3.05, 3.63) is 60.8 Å². The first-order valence-corrected chi connectivity index (χ1v) is 32.3. The fourth-order valence-electron chi connectivity index (χ4n) is 9.43. The van der Waals surface area contributed by atoms with Crippen LogP contribution in [-0.2, 0) is 28.6 Å². The highest BCUT2D eigenvalue weighted by molar-refractivity contribution is 5.71. The average molecular weight is 1040 g/mol. The van der Waals surface area contributed by atoms with E-state index in [1.54, 1.807) is 0 Å². The van der Waals surface area contributed by atoms with Crippen LogP contribution in [0.25, 0.3) is 0 Å². The van der Waals surface area contributed by atoms with Crippen molar-refractivity contribution < 1.29 is 28.6 Å². The van der Waals surface area contributed by atoms with Gasteiger partial charge in [0.15, 0.2) is 6.10 Å². The van der Waals surface area contributed by atoms with Gasteiger partial charge in [-0.2, -0.15) is 0 Å². The van der Waals surface area contributed by atoms with Crippen molar-refractivity contribution in [1.29, 1.82) is 0 Å². The molecule has 74 heavy (non-hydrogen) atoms. The molecule has 6 nitrogen and oxygen atoms in total. The summed E-state index contributed by atoms with van der Waals surface area (Å²) in [5.41, 5.74) is 0. The van der Waals surface area contributed by atoms with E-state index in [9.17, 15) is 14.4 Å². The van der Waals surface area contributed by atoms with Crippen molar-refractivity contribution in [3.8, 4) is 0 Å². The molecule has 0 saturated carbocycles. The maximum Gasteiger partial charge on any atom is 0.306 e. The minimum absolute atomic E-state index is 0.0860. The molecular formula is C68H122O6. The normalized spacial score (nSPS) is 12.4. The first kappa shape index (κ1) is 71.1. The van der Waals surface area contributed by atoms with Crippen LogP contribution in [0.1, 0.15) is 335 Å². The summed E-state index contributed by atoms with van der Waals surface area (Å²) in [7, 11) is 0. The van der Waals surface area contributed by atoms with Crippen LogP contribution >= 0.6 is 0 Å². The largest absolute Gasteiger partial charge is 0.462 e. The molecule has 0 saturated heterocycles. The molecule has 0 radical (unpaired) electrons. The monoisotopic (exact) mass is 1030 g/mol. The number of esters is 3. The molecule has 0 aliphatic carbocycles. The van der Waals surface area contributed by atoms with Gasteiger partial charge in [-0.05, 0) is 83.5 Å². The van der Waals surface area contributed by atoms with Gasteiger partial charge in [0, 0.05) is 19.3 Å². The van der Waals surface area contributed by atoms with Crippen molar-refractivity contribution in [3.63, 3.8) is 0 Å². The van der Waals surface area contributed by atoms with Gasteiger partial charge in [0.1, 0.15) is 13.2 Å². The number of rotatable bonds is 59.